The molecule has 0 aliphatic rings. The summed E-state index contributed by atoms with van der Waals surface area (Å²) in [7, 11) is 0. The predicted octanol–water partition coefficient (Wildman–Crippen LogP) is 15.6. The third-order valence-electron chi connectivity index (χ3n) is 11.4. The van der Waals surface area contributed by atoms with E-state index in [9.17, 15) is 0 Å². The standard InChI is InChI=1S/C52H30OS/c1-2-11-32(12-3-1)48-40-14-6-8-16-42(40)49(43-17-9-7-15-41(43)48)37-21-20-33-28-34(18-19-35(33)29-37)36-22-24-39-44-25-27-46-51(52(44)54-47(39)30-36)50-38-13-5-4-10-31(38)23-26-45(50)53-46/h1-30H. The van der Waals surface area contributed by atoms with Crippen molar-refractivity contribution in [3.05, 3.63) is 182 Å². The lowest BCUT2D eigenvalue weighted by molar-refractivity contribution is 0.669. The summed E-state index contributed by atoms with van der Waals surface area (Å²) < 4.78 is 8.99. The van der Waals surface area contributed by atoms with E-state index in [4.69, 9.17) is 4.42 Å². The maximum atomic E-state index is 6.41. The van der Waals surface area contributed by atoms with Crippen molar-refractivity contribution < 1.29 is 4.42 Å². The minimum Gasteiger partial charge on any atom is -0.456 e. The summed E-state index contributed by atoms with van der Waals surface area (Å²) in [6.07, 6.45) is 0. The van der Waals surface area contributed by atoms with Gasteiger partial charge in [-0.3, -0.25) is 0 Å². The topological polar surface area (TPSA) is 13.1 Å². The van der Waals surface area contributed by atoms with Crippen molar-refractivity contribution in [1.29, 1.82) is 0 Å². The lowest BCUT2D eigenvalue weighted by atomic mass is 9.85. The Bertz CT molecular complexity index is 3440. The van der Waals surface area contributed by atoms with Crippen LogP contribution in [0.5, 0.6) is 0 Å². The maximum Gasteiger partial charge on any atom is 0.136 e. The van der Waals surface area contributed by atoms with Crippen LogP contribution in [0.25, 0.3) is 119 Å². The number of hydrogen-bond acceptors (Lipinski definition) is 2. The fourth-order valence-corrected chi connectivity index (χ4v) is 10.3. The van der Waals surface area contributed by atoms with Crippen molar-refractivity contribution in [2.24, 2.45) is 0 Å². The summed E-state index contributed by atoms with van der Waals surface area (Å²) in [5.41, 5.74) is 9.40. The van der Waals surface area contributed by atoms with Crippen molar-refractivity contribution in [3.8, 4) is 33.4 Å². The van der Waals surface area contributed by atoms with Gasteiger partial charge in [-0.25, -0.2) is 0 Å². The van der Waals surface area contributed by atoms with Crippen LogP contribution in [0.15, 0.2) is 186 Å². The molecular weight excluding hydrogens is 673 g/mol. The molecule has 0 fully saturated rings. The molecule has 0 unspecified atom stereocenters. The Morgan fingerprint density at radius 1 is 0.315 bits per heavy atom. The molecule has 12 aromatic rings. The van der Waals surface area contributed by atoms with Crippen LogP contribution < -0.4 is 0 Å². The molecule has 250 valence electrons. The first-order chi connectivity index (χ1) is 26.8. The highest BCUT2D eigenvalue weighted by Gasteiger charge is 2.19. The van der Waals surface area contributed by atoms with Gasteiger partial charge in [-0.2, -0.15) is 0 Å². The summed E-state index contributed by atoms with van der Waals surface area (Å²) in [5, 5.41) is 15.1. The number of fused-ring (bicyclic) bond motifs is 12. The highest BCUT2D eigenvalue weighted by molar-refractivity contribution is 7.26. The molecule has 12 rings (SSSR count). The third kappa shape index (κ3) is 4.32. The van der Waals surface area contributed by atoms with Gasteiger partial charge in [0.1, 0.15) is 11.2 Å². The minimum absolute atomic E-state index is 0.944. The van der Waals surface area contributed by atoms with E-state index in [2.05, 4.69) is 182 Å². The lowest BCUT2D eigenvalue weighted by Crippen LogP contribution is -1.90. The summed E-state index contributed by atoms with van der Waals surface area (Å²) in [6.45, 7) is 0. The zero-order valence-corrected chi connectivity index (χ0v) is 30.0. The zero-order chi connectivity index (χ0) is 35.3. The highest BCUT2D eigenvalue weighted by Crippen LogP contribution is 2.46. The summed E-state index contributed by atoms with van der Waals surface area (Å²) >= 11 is 1.87. The maximum absolute atomic E-state index is 6.41. The van der Waals surface area contributed by atoms with E-state index in [0.29, 0.717) is 0 Å². The van der Waals surface area contributed by atoms with Gasteiger partial charge in [0.25, 0.3) is 0 Å². The van der Waals surface area contributed by atoms with Gasteiger partial charge >= 0.3 is 0 Å². The molecule has 54 heavy (non-hydrogen) atoms. The number of thiophene rings is 1. The van der Waals surface area contributed by atoms with Crippen LogP contribution in [0.2, 0.25) is 0 Å². The van der Waals surface area contributed by atoms with E-state index in [1.807, 2.05) is 11.3 Å². The average molecular weight is 703 g/mol. The zero-order valence-electron chi connectivity index (χ0n) is 29.1. The van der Waals surface area contributed by atoms with Gasteiger partial charge in [-0.15, -0.1) is 11.3 Å². The van der Waals surface area contributed by atoms with E-state index in [1.54, 1.807) is 0 Å². The van der Waals surface area contributed by atoms with E-state index < -0.39 is 0 Å². The van der Waals surface area contributed by atoms with Crippen LogP contribution in [-0.4, -0.2) is 0 Å². The van der Waals surface area contributed by atoms with Crippen LogP contribution in [-0.2, 0) is 0 Å². The average Bonchev–Trinajstić information content (AvgIpc) is 3.81. The second-order valence-electron chi connectivity index (χ2n) is 14.4. The van der Waals surface area contributed by atoms with Crippen LogP contribution in [0.3, 0.4) is 0 Å². The van der Waals surface area contributed by atoms with Crippen LogP contribution in [0.4, 0.5) is 0 Å². The van der Waals surface area contributed by atoms with Crippen molar-refractivity contribution in [3.63, 3.8) is 0 Å². The molecular formula is C52H30OS. The van der Waals surface area contributed by atoms with Gasteiger partial charge in [-0.05, 0) is 113 Å². The van der Waals surface area contributed by atoms with Crippen LogP contribution >= 0.6 is 11.3 Å². The minimum atomic E-state index is 0.944. The molecule has 0 bridgehead atoms. The van der Waals surface area contributed by atoms with Crippen molar-refractivity contribution >= 4 is 96.5 Å². The second-order valence-corrected chi connectivity index (χ2v) is 15.4. The third-order valence-corrected chi connectivity index (χ3v) is 12.6. The molecule has 2 aromatic heterocycles. The Labute approximate surface area is 314 Å². The molecule has 1 nitrogen and oxygen atoms in total. The van der Waals surface area contributed by atoms with Crippen molar-refractivity contribution in [2.75, 3.05) is 0 Å². The quantitative estimate of drug-likeness (QED) is 0.167. The number of furan rings is 1. The van der Waals surface area contributed by atoms with E-state index >= 15 is 0 Å². The van der Waals surface area contributed by atoms with Crippen molar-refractivity contribution in [2.45, 2.75) is 0 Å². The van der Waals surface area contributed by atoms with Gasteiger partial charge < -0.3 is 4.42 Å². The molecule has 0 saturated heterocycles. The molecule has 0 spiro atoms. The Morgan fingerprint density at radius 3 is 1.57 bits per heavy atom. The molecule has 0 aliphatic heterocycles. The van der Waals surface area contributed by atoms with Crippen LogP contribution in [0.1, 0.15) is 0 Å². The Kier molecular flexibility index (Phi) is 6.28. The fourth-order valence-electron chi connectivity index (χ4n) is 8.97. The van der Waals surface area contributed by atoms with Gasteiger partial charge in [-0.1, -0.05) is 146 Å². The molecule has 0 atom stereocenters. The summed E-state index contributed by atoms with van der Waals surface area (Å²) in [5.74, 6) is 0. The monoisotopic (exact) mass is 702 g/mol. The van der Waals surface area contributed by atoms with Gasteiger partial charge in [0.05, 0.1) is 0 Å². The van der Waals surface area contributed by atoms with Gasteiger partial charge in [0.2, 0.25) is 0 Å². The summed E-state index contributed by atoms with van der Waals surface area (Å²) in [4.78, 5) is 0. The number of hydrogen-bond donors (Lipinski definition) is 0. The van der Waals surface area contributed by atoms with Crippen LogP contribution in [0, 0.1) is 0 Å². The SMILES string of the molecule is c1ccc(-c2c3ccccc3c(-c3ccc4cc(-c5ccc6c(c5)sc5c6ccc6oc7ccc8ccccc8c7c65)ccc4c3)c3ccccc23)cc1. The number of benzene rings is 10. The molecule has 10 aromatic carbocycles. The molecule has 2 heteroatoms. The van der Waals surface area contributed by atoms with E-state index in [0.717, 1.165) is 11.2 Å². The Hall–Kier alpha value is -6.74. The Morgan fingerprint density at radius 2 is 0.833 bits per heavy atom. The first-order valence-corrected chi connectivity index (χ1v) is 19.3. The molecule has 2 heterocycles. The fraction of sp³-hybridized carbons (Fsp3) is 0. The number of rotatable bonds is 3. The van der Waals surface area contributed by atoms with Gasteiger partial charge in [0, 0.05) is 30.9 Å². The van der Waals surface area contributed by atoms with E-state index in [-0.39, 0.29) is 0 Å². The lowest BCUT2D eigenvalue weighted by Gasteiger charge is -2.18. The first-order valence-electron chi connectivity index (χ1n) is 18.5. The molecule has 0 radical (unpaired) electrons. The molecule has 0 amide bonds. The molecule has 0 saturated carbocycles. The first kappa shape index (κ1) is 29.8. The smallest absolute Gasteiger partial charge is 0.136 e. The normalized spacial score (nSPS) is 12.1. The second kappa shape index (κ2) is 11.4. The Balaban J connectivity index is 0.990. The largest absolute Gasteiger partial charge is 0.456 e. The van der Waals surface area contributed by atoms with E-state index in [1.165, 1.54) is 107 Å². The molecule has 0 aliphatic carbocycles. The summed E-state index contributed by atoms with van der Waals surface area (Å²) in [6, 6.07) is 66.7. The van der Waals surface area contributed by atoms with Gasteiger partial charge in [0.15, 0.2) is 0 Å². The van der Waals surface area contributed by atoms with Crippen molar-refractivity contribution in [1.82, 2.24) is 0 Å². The highest BCUT2D eigenvalue weighted by atomic mass is 32.1. The molecule has 0 N–H and O–H groups in total. The predicted molar refractivity (Wildman–Crippen MR) is 233 cm³/mol.